The van der Waals surface area contributed by atoms with Gasteiger partial charge < -0.3 is 10.2 Å². The molecule has 1 amide bonds. The zero-order valence-corrected chi connectivity index (χ0v) is 11.4. The number of piperidine rings is 2. The van der Waals surface area contributed by atoms with Crippen LogP contribution in [0.15, 0.2) is 0 Å². The van der Waals surface area contributed by atoms with Crippen LogP contribution >= 0.6 is 0 Å². The van der Waals surface area contributed by atoms with E-state index in [0.717, 1.165) is 31.8 Å². The van der Waals surface area contributed by atoms with Gasteiger partial charge in [0.05, 0.1) is 5.92 Å². The van der Waals surface area contributed by atoms with Gasteiger partial charge in [0.15, 0.2) is 0 Å². The average Bonchev–Trinajstić information content (AvgIpc) is 2.29. The van der Waals surface area contributed by atoms with Gasteiger partial charge in [-0.25, -0.2) is 0 Å². The summed E-state index contributed by atoms with van der Waals surface area (Å²) < 4.78 is 0. The van der Waals surface area contributed by atoms with E-state index in [4.69, 9.17) is 0 Å². The summed E-state index contributed by atoms with van der Waals surface area (Å²) in [6, 6.07) is 0.781. The molecule has 17 heavy (non-hydrogen) atoms. The Hall–Kier alpha value is -0.570. The molecule has 0 aromatic carbocycles. The highest BCUT2D eigenvalue weighted by Crippen LogP contribution is 2.26. The molecule has 0 saturated carbocycles. The zero-order valence-electron chi connectivity index (χ0n) is 11.4. The number of rotatable bonds is 1. The van der Waals surface area contributed by atoms with Crippen LogP contribution in [0.3, 0.4) is 0 Å². The van der Waals surface area contributed by atoms with E-state index >= 15 is 0 Å². The lowest BCUT2D eigenvalue weighted by Crippen LogP contribution is -2.52. The Labute approximate surface area is 105 Å². The molecule has 0 bridgehead atoms. The van der Waals surface area contributed by atoms with Crippen LogP contribution < -0.4 is 5.32 Å². The minimum Gasteiger partial charge on any atom is -0.340 e. The van der Waals surface area contributed by atoms with Crippen molar-refractivity contribution in [3.63, 3.8) is 0 Å². The van der Waals surface area contributed by atoms with Gasteiger partial charge in [-0.1, -0.05) is 6.92 Å². The number of likely N-dealkylation sites (tertiary alicyclic amines) is 1. The third kappa shape index (κ3) is 2.82. The summed E-state index contributed by atoms with van der Waals surface area (Å²) in [6.07, 6.45) is 4.54. The van der Waals surface area contributed by atoms with Crippen LogP contribution in [0.4, 0.5) is 0 Å². The third-order valence-electron chi connectivity index (χ3n) is 4.50. The fraction of sp³-hybridized carbons (Fsp3) is 0.929. The molecule has 3 heteroatoms. The number of nitrogens with one attached hydrogen (secondary N) is 1. The SMILES string of the molecule is CC1CCN(C(=O)C2CCCNC2C)C(C)C1. The van der Waals surface area contributed by atoms with Crippen LogP contribution in [0.2, 0.25) is 0 Å². The zero-order chi connectivity index (χ0) is 12.4. The molecule has 2 rings (SSSR count). The van der Waals surface area contributed by atoms with Gasteiger partial charge in [0.25, 0.3) is 0 Å². The molecule has 2 heterocycles. The van der Waals surface area contributed by atoms with Crippen LogP contribution in [-0.2, 0) is 4.79 Å². The molecule has 2 aliphatic rings. The van der Waals surface area contributed by atoms with Crippen molar-refractivity contribution in [2.75, 3.05) is 13.1 Å². The van der Waals surface area contributed by atoms with Crippen LogP contribution in [0.1, 0.15) is 46.5 Å². The van der Waals surface area contributed by atoms with E-state index in [9.17, 15) is 4.79 Å². The minimum atomic E-state index is 0.208. The van der Waals surface area contributed by atoms with Crippen molar-refractivity contribution in [2.24, 2.45) is 11.8 Å². The van der Waals surface area contributed by atoms with Gasteiger partial charge in [0.1, 0.15) is 0 Å². The molecule has 2 fully saturated rings. The van der Waals surface area contributed by atoms with Gasteiger partial charge in [-0.3, -0.25) is 4.79 Å². The van der Waals surface area contributed by atoms with E-state index in [2.05, 4.69) is 31.0 Å². The van der Waals surface area contributed by atoms with Crippen molar-refractivity contribution in [1.29, 1.82) is 0 Å². The molecular weight excluding hydrogens is 212 g/mol. The topological polar surface area (TPSA) is 32.3 Å². The molecule has 0 radical (unpaired) electrons. The van der Waals surface area contributed by atoms with Crippen molar-refractivity contribution < 1.29 is 4.79 Å². The Morgan fingerprint density at radius 2 is 2.00 bits per heavy atom. The standard InChI is InChI=1S/C14H26N2O/c1-10-6-8-16(11(2)9-10)14(17)13-5-4-7-15-12(13)3/h10-13,15H,4-9H2,1-3H3. The molecule has 0 spiro atoms. The molecule has 0 aromatic rings. The van der Waals surface area contributed by atoms with Gasteiger partial charge >= 0.3 is 0 Å². The predicted octanol–water partition coefficient (Wildman–Crippen LogP) is 2.02. The molecule has 3 nitrogen and oxygen atoms in total. The number of carbonyl (C=O) groups excluding carboxylic acids is 1. The smallest absolute Gasteiger partial charge is 0.227 e. The molecule has 98 valence electrons. The van der Waals surface area contributed by atoms with Gasteiger partial charge in [0.2, 0.25) is 5.91 Å². The van der Waals surface area contributed by atoms with Gasteiger partial charge in [0, 0.05) is 18.6 Å². The molecule has 4 unspecified atom stereocenters. The van der Waals surface area contributed by atoms with E-state index in [1.165, 1.54) is 12.8 Å². The van der Waals surface area contributed by atoms with Crippen molar-refractivity contribution in [1.82, 2.24) is 10.2 Å². The van der Waals surface area contributed by atoms with Gasteiger partial charge in [-0.2, -0.15) is 0 Å². The average molecular weight is 238 g/mol. The summed E-state index contributed by atoms with van der Waals surface area (Å²) >= 11 is 0. The van der Waals surface area contributed by atoms with Crippen LogP contribution in [-0.4, -0.2) is 36.0 Å². The van der Waals surface area contributed by atoms with E-state index in [1.54, 1.807) is 0 Å². The minimum absolute atomic E-state index is 0.208. The summed E-state index contributed by atoms with van der Waals surface area (Å²) in [6.45, 7) is 8.68. The first-order valence-corrected chi connectivity index (χ1v) is 7.13. The highest BCUT2D eigenvalue weighted by atomic mass is 16.2. The quantitative estimate of drug-likeness (QED) is 0.758. The highest BCUT2D eigenvalue weighted by Gasteiger charge is 2.34. The lowest BCUT2D eigenvalue weighted by Gasteiger charge is -2.40. The number of amides is 1. The first kappa shape index (κ1) is 12.9. The van der Waals surface area contributed by atoms with Crippen LogP contribution in [0.25, 0.3) is 0 Å². The summed E-state index contributed by atoms with van der Waals surface area (Å²) in [7, 11) is 0. The van der Waals surface area contributed by atoms with E-state index in [0.29, 0.717) is 18.0 Å². The molecular formula is C14H26N2O. The predicted molar refractivity (Wildman–Crippen MR) is 69.8 cm³/mol. The van der Waals surface area contributed by atoms with Crippen molar-refractivity contribution in [2.45, 2.75) is 58.5 Å². The summed E-state index contributed by atoms with van der Waals surface area (Å²) in [4.78, 5) is 14.7. The van der Waals surface area contributed by atoms with Crippen molar-refractivity contribution in [3.05, 3.63) is 0 Å². The normalized spacial score (nSPS) is 39.1. The molecule has 0 aromatic heterocycles. The fourth-order valence-corrected chi connectivity index (χ4v) is 3.33. The number of hydrogen-bond donors (Lipinski definition) is 1. The van der Waals surface area contributed by atoms with Crippen LogP contribution in [0.5, 0.6) is 0 Å². The third-order valence-corrected chi connectivity index (χ3v) is 4.50. The Morgan fingerprint density at radius 1 is 1.24 bits per heavy atom. The number of carbonyl (C=O) groups is 1. The Balaban J connectivity index is 1.98. The first-order chi connectivity index (χ1) is 8.09. The maximum absolute atomic E-state index is 12.6. The van der Waals surface area contributed by atoms with E-state index in [1.807, 2.05) is 0 Å². The lowest BCUT2D eigenvalue weighted by atomic mass is 9.87. The molecule has 0 aliphatic carbocycles. The van der Waals surface area contributed by atoms with E-state index in [-0.39, 0.29) is 5.92 Å². The molecule has 2 aliphatic heterocycles. The Kier molecular flexibility index (Phi) is 4.08. The van der Waals surface area contributed by atoms with Crippen molar-refractivity contribution >= 4 is 5.91 Å². The summed E-state index contributed by atoms with van der Waals surface area (Å²) in [5.41, 5.74) is 0. The lowest BCUT2D eigenvalue weighted by molar-refractivity contribution is -0.141. The second-order valence-electron chi connectivity index (χ2n) is 6.00. The second-order valence-corrected chi connectivity index (χ2v) is 6.00. The van der Waals surface area contributed by atoms with Gasteiger partial charge in [-0.15, -0.1) is 0 Å². The second kappa shape index (κ2) is 5.38. The first-order valence-electron chi connectivity index (χ1n) is 7.13. The highest BCUT2D eigenvalue weighted by molar-refractivity contribution is 5.80. The summed E-state index contributed by atoms with van der Waals surface area (Å²) in [5.74, 6) is 1.37. The molecule has 1 N–H and O–H groups in total. The molecule has 2 saturated heterocycles. The number of nitrogens with zero attached hydrogens (tertiary/aromatic N) is 1. The molecule has 4 atom stereocenters. The Morgan fingerprint density at radius 3 is 2.65 bits per heavy atom. The monoisotopic (exact) mass is 238 g/mol. The Bertz CT molecular complexity index is 279. The van der Waals surface area contributed by atoms with Crippen LogP contribution in [0, 0.1) is 11.8 Å². The summed E-state index contributed by atoms with van der Waals surface area (Å²) in [5, 5.41) is 3.43. The van der Waals surface area contributed by atoms with E-state index < -0.39 is 0 Å². The maximum Gasteiger partial charge on any atom is 0.227 e. The van der Waals surface area contributed by atoms with Gasteiger partial charge in [-0.05, 0) is 52.0 Å². The maximum atomic E-state index is 12.6. The number of hydrogen-bond acceptors (Lipinski definition) is 2. The fourth-order valence-electron chi connectivity index (χ4n) is 3.33. The largest absolute Gasteiger partial charge is 0.340 e. The van der Waals surface area contributed by atoms with Crippen molar-refractivity contribution in [3.8, 4) is 0 Å².